The zero-order chi connectivity index (χ0) is 16.6. The maximum absolute atomic E-state index is 5.53. The highest BCUT2D eigenvalue weighted by Crippen LogP contribution is 2.40. The zero-order valence-electron chi connectivity index (χ0n) is 13.7. The number of ether oxygens (including phenoxy) is 1. The van der Waals surface area contributed by atoms with E-state index in [0.29, 0.717) is 6.61 Å². The van der Waals surface area contributed by atoms with E-state index in [0.717, 1.165) is 0 Å². The normalized spacial score (nSPS) is 11.9. The lowest BCUT2D eigenvalue weighted by molar-refractivity contribution is 0.240. The van der Waals surface area contributed by atoms with E-state index < -0.39 is 0 Å². The third kappa shape index (κ3) is 4.16. The first-order valence-electron chi connectivity index (χ1n) is 7.94. The Kier molecular flexibility index (Phi) is 5.89. The van der Waals surface area contributed by atoms with Crippen molar-refractivity contribution in [1.82, 2.24) is 0 Å². The van der Waals surface area contributed by atoms with E-state index in [2.05, 4.69) is 72.8 Å². The van der Waals surface area contributed by atoms with Gasteiger partial charge in [0.05, 0.1) is 6.61 Å². The first kappa shape index (κ1) is 16.6. The van der Waals surface area contributed by atoms with Crippen molar-refractivity contribution in [1.29, 1.82) is 0 Å². The van der Waals surface area contributed by atoms with Gasteiger partial charge in [-0.1, -0.05) is 90.6 Å². The van der Waals surface area contributed by atoms with Crippen LogP contribution in [0.25, 0.3) is 10.5 Å². The zero-order valence-corrected chi connectivity index (χ0v) is 14.5. The Labute approximate surface area is 148 Å². The van der Waals surface area contributed by atoms with Gasteiger partial charge in [-0.25, -0.2) is 0 Å². The molecule has 0 heterocycles. The van der Waals surface area contributed by atoms with Crippen molar-refractivity contribution in [3.63, 3.8) is 0 Å². The molecular formula is C22H20OS. The average molecular weight is 332 g/mol. The molecule has 0 atom stereocenters. The van der Waals surface area contributed by atoms with Crippen LogP contribution in [-0.2, 0) is 4.74 Å². The van der Waals surface area contributed by atoms with E-state index in [4.69, 9.17) is 4.74 Å². The molecule has 0 aliphatic rings. The van der Waals surface area contributed by atoms with Crippen LogP contribution in [0, 0.1) is 0 Å². The van der Waals surface area contributed by atoms with Crippen molar-refractivity contribution in [3.05, 3.63) is 102 Å². The molecule has 24 heavy (non-hydrogen) atoms. The summed E-state index contributed by atoms with van der Waals surface area (Å²) in [5.74, 6) is 0. The first-order chi connectivity index (χ1) is 11.9. The minimum Gasteiger partial charge on any atom is -0.380 e. The van der Waals surface area contributed by atoms with Crippen LogP contribution in [0.15, 0.2) is 95.9 Å². The van der Waals surface area contributed by atoms with Crippen LogP contribution in [-0.4, -0.2) is 13.7 Å². The number of hydrogen-bond donors (Lipinski definition) is 0. The molecule has 2 heteroatoms. The molecule has 0 radical (unpaired) electrons. The summed E-state index contributed by atoms with van der Waals surface area (Å²) in [6, 6.07) is 31.5. The number of hydrogen-bond acceptors (Lipinski definition) is 2. The number of methoxy groups -OCH3 is 1. The lowest BCUT2D eigenvalue weighted by Crippen LogP contribution is -1.98. The molecule has 0 saturated heterocycles. The van der Waals surface area contributed by atoms with E-state index >= 15 is 0 Å². The highest BCUT2D eigenvalue weighted by atomic mass is 32.2. The summed E-state index contributed by atoms with van der Waals surface area (Å²) >= 11 is 1.78. The van der Waals surface area contributed by atoms with E-state index in [-0.39, 0.29) is 0 Å². The monoisotopic (exact) mass is 332 g/mol. The summed E-state index contributed by atoms with van der Waals surface area (Å²) in [5, 5.41) is 0. The molecule has 1 nitrogen and oxygen atoms in total. The molecular weight excluding hydrogens is 312 g/mol. The molecule has 120 valence electrons. The van der Waals surface area contributed by atoms with E-state index in [9.17, 15) is 0 Å². The Morgan fingerprint density at radius 3 is 1.75 bits per heavy atom. The lowest BCUT2D eigenvalue weighted by atomic mass is 10.0. The standard InChI is InChI=1S/C22H20OS/c1-23-17-21(18-11-5-2-6-12-18)22(19-13-7-3-8-14-19)24-20-15-9-4-10-16-20/h2-16H,17H2,1H3/b22-21-. The van der Waals surface area contributed by atoms with Gasteiger partial charge in [0.15, 0.2) is 0 Å². The summed E-state index contributed by atoms with van der Waals surface area (Å²) in [4.78, 5) is 2.45. The van der Waals surface area contributed by atoms with Crippen molar-refractivity contribution >= 4 is 22.2 Å². The van der Waals surface area contributed by atoms with Crippen LogP contribution in [0.5, 0.6) is 0 Å². The topological polar surface area (TPSA) is 9.23 Å². The fourth-order valence-electron chi connectivity index (χ4n) is 2.55. The maximum Gasteiger partial charge on any atom is 0.0730 e. The van der Waals surface area contributed by atoms with Gasteiger partial charge in [0, 0.05) is 16.9 Å². The van der Waals surface area contributed by atoms with Gasteiger partial charge in [0.1, 0.15) is 0 Å². The molecule has 0 unspecified atom stereocenters. The minimum absolute atomic E-state index is 0.577. The predicted octanol–water partition coefficient (Wildman–Crippen LogP) is 5.99. The highest BCUT2D eigenvalue weighted by Gasteiger charge is 2.13. The fourth-order valence-corrected chi connectivity index (χ4v) is 3.64. The molecule has 0 fully saturated rings. The Balaban J connectivity index is 2.13. The summed E-state index contributed by atoms with van der Waals surface area (Å²) in [5.41, 5.74) is 3.61. The second-order valence-corrected chi connectivity index (χ2v) is 6.47. The quantitative estimate of drug-likeness (QED) is 0.405. The Hall–Kier alpha value is -2.29. The maximum atomic E-state index is 5.53. The van der Waals surface area contributed by atoms with Crippen LogP contribution in [0.1, 0.15) is 11.1 Å². The number of thioether (sulfide) groups is 1. The smallest absolute Gasteiger partial charge is 0.0730 e. The van der Waals surface area contributed by atoms with Crippen LogP contribution < -0.4 is 0 Å². The van der Waals surface area contributed by atoms with Crippen LogP contribution in [0.2, 0.25) is 0 Å². The Morgan fingerprint density at radius 2 is 1.21 bits per heavy atom. The van der Waals surface area contributed by atoms with E-state index in [1.807, 2.05) is 18.2 Å². The summed E-state index contributed by atoms with van der Waals surface area (Å²) in [6.07, 6.45) is 0. The van der Waals surface area contributed by atoms with Crippen LogP contribution >= 0.6 is 11.8 Å². The molecule has 0 N–H and O–H groups in total. The van der Waals surface area contributed by atoms with E-state index in [1.54, 1.807) is 18.9 Å². The van der Waals surface area contributed by atoms with Gasteiger partial charge >= 0.3 is 0 Å². The number of benzene rings is 3. The molecule has 0 amide bonds. The van der Waals surface area contributed by atoms with Gasteiger partial charge in [0.25, 0.3) is 0 Å². The van der Waals surface area contributed by atoms with E-state index in [1.165, 1.54) is 26.5 Å². The van der Waals surface area contributed by atoms with Crippen molar-refractivity contribution in [3.8, 4) is 0 Å². The third-order valence-corrected chi connectivity index (χ3v) is 4.88. The van der Waals surface area contributed by atoms with Gasteiger partial charge in [-0.2, -0.15) is 0 Å². The summed E-state index contributed by atoms with van der Waals surface area (Å²) < 4.78 is 5.53. The second-order valence-electron chi connectivity index (χ2n) is 5.39. The van der Waals surface area contributed by atoms with Crippen molar-refractivity contribution in [2.45, 2.75) is 4.90 Å². The largest absolute Gasteiger partial charge is 0.380 e. The van der Waals surface area contributed by atoms with Crippen LogP contribution in [0.4, 0.5) is 0 Å². The van der Waals surface area contributed by atoms with Gasteiger partial charge in [0.2, 0.25) is 0 Å². The molecule has 0 saturated carbocycles. The summed E-state index contributed by atoms with van der Waals surface area (Å²) in [7, 11) is 1.75. The Morgan fingerprint density at radius 1 is 0.708 bits per heavy atom. The Bertz CT molecular complexity index is 780. The van der Waals surface area contributed by atoms with Crippen molar-refractivity contribution in [2.75, 3.05) is 13.7 Å². The molecule has 0 spiro atoms. The predicted molar refractivity (Wildman–Crippen MR) is 104 cm³/mol. The fraction of sp³-hybridized carbons (Fsp3) is 0.0909. The SMILES string of the molecule is COC/C(=C(/Sc1ccccc1)c1ccccc1)c1ccccc1. The lowest BCUT2D eigenvalue weighted by Gasteiger charge is -2.16. The van der Waals surface area contributed by atoms with Gasteiger partial charge in [-0.05, 0) is 28.8 Å². The highest BCUT2D eigenvalue weighted by molar-refractivity contribution is 8.08. The molecule has 0 aliphatic heterocycles. The van der Waals surface area contributed by atoms with Crippen LogP contribution in [0.3, 0.4) is 0 Å². The second kappa shape index (κ2) is 8.53. The number of rotatable bonds is 6. The third-order valence-electron chi connectivity index (χ3n) is 3.68. The molecule has 3 rings (SSSR count). The molecule has 0 aromatic heterocycles. The molecule has 3 aromatic carbocycles. The van der Waals surface area contributed by atoms with Gasteiger partial charge in [-0.3, -0.25) is 0 Å². The summed E-state index contributed by atoms with van der Waals surface area (Å²) in [6.45, 7) is 0.577. The van der Waals surface area contributed by atoms with Gasteiger partial charge < -0.3 is 4.74 Å². The molecule has 0 aliphatic carbocycles. The average Bonchev–Trinajstić information content (AvgIpc) is 2.67. The van der Waals surface area contributed by atoms with Crippen molar-refractivity contribution < 1.29 is 4.74 Å². The first-order valence-corrected chi connectivity index (χ1v) is 8.76. The van der Waals surface area contributed by atoms with Gasteiger partial charge in [-0.15, -0.1) is 0 Å². The minimum atomic E-state index is 0.577. The molecule has 0 bridgehead atoms. The molecule has 3 aromatic rings. The van der Waals surface area contributed by atoms with Crippen molar-refractivity contribution in [2.24, 2.45) is 0 Å².